The monoisotopic (exact) mass is 292 g/mol. The van der Waals surface area contributed by atoms with Crippen LogP contribution in [0.25, 0.3) is 0 Å². The van der Waals surface area contributed by atoms with Crippen molar-refractivity contribution >= 4 is 0 Å². The first kappa shape index (κ1) is 18.0. The predicted molar refractivity (Wildman–Crippen MR) is 90.9 cm³/mol. The molecule has 1 N–H and O–H groups in total. The third-order valence-corrected chi connectivity index (χ3v) is 3.16. The predicted octanol–water partition coefficient (Wildman–Crippen LogP) is 3.54. The van der Waals surface area contributed by atoms with Crippen molar-refractivity contribution in [1.29, 1.82) is 0 Å². The molecule has 0 atom stereocenters. The molecule has 0 unspecified atom stereocenters. The van der Waals surface area contributed by atoms with E-state index in [0.29, 0.717) is 5.92 Å². The van der Waals surface area contributed by atoms with E-state index in [2.05, 4.69) is 76.1 Å². The number of nitrogens with zero attached hydrogens (tertiary/aromatic N) is 1. The average Bonchev–Trinajstić information content (AvgIpc) is 2.36. The molecule has 0 aliphatic carbocycles. The second kappa shape index (κ2) is 8.40. The fourth-order valence-electron chi connectivity index (χ4n) is 2.10. The first-order valence-corrected chi connectivity index (χ1v) is 7.91. The van der Waals surface area contributed by atoms with Crippen LogP contribution in [0.2, 0.25) is 0 Å². The summed E-state index contributed by atoms with van der Waals surface area (Å²) in [4.78, 5) is 2.31. The zero-order valence-corrected chi connectivity index (χ0v) is 14.6. The van der Waals surface area contributed by atoms with Gasteiger partial charge in [-0.2, -0.15) is 0 Å². The molecule has 3 nitrogen and oxygen atoms in total. The van der Waals surface area contributed by atoms with Crippen LogP contribution in [-0.2, 0) is 6.54 Å². The molecule has 0 aliphatic rings. The van der Waals surface area contributed by atoms with Crippen molar-refractivity contribution in [3.63, 3.8) is 0 Å². The molecule has 0 spiro atoms. The van der Waals surface area contributed by atoms with Gasteiger partial charge in [-0.25, -0.2) is 0 Å². The highest BCUT2D eigenvalue weighted by Gasteiger charge is 2.08. The van der Waals surface area contributed by atoms with Crippen LogP contribution in [-0.4, -0.2) is 37.2 Å². The van der Waals surface area contributed by atoms with E-state index in [9.17, 15) is 0 Å². The Hall–Kier alpha value is -1.06. The van der Waals surface area contributed by atoms with Crippen LogP contribution in [0.5, 0.6) is 5.75 Å². The van der Waals surface area contributed by atoms with Gasteiger partial charge in [0.25, 0.3) is 0 Å². The van der Waals surface area contributed by atoms with Crippen LogP contribution >= 0.6 is 0 Å². The number of rotatable bonds is 8. The van der Waals surface area contributed by atoms with Crippen LogP contribution in [0.4, 0.5) is 0 Å². The van der Waals surface area contributed by atoms with Crippen molar-refractivity contribution in [3.05, 3.63) is 29.8 Å². The fourth-order valence-corrected chi connectivity index (χ4v) is 2.10. The van der Waals surface area contributed by atoms with Crippen LogP contribution in [0, 0.1) is 5.92 Å². The Kier molecular flexibility index (Phi) is 7.20. The average molecular weight is 292 g/mol. The third kappa shape index (κ3) is 8.74. The largest absolute Gasteiger partial charge is 0.492 e. The molecule has 0 saturated carbocycles. The maximum Gasteiger partial charge on any atom is 0.119 e. The first-order chi connectivity index (χ1) is 9.76. The summed E-state index contributed by atoms with van der Waals surface area (Å²) in [6, 6.07) is 8.38. The summed E-state index contributed by atoms with van der Waals surface area (Å²) in [6.45, 7) is 14.7. The zero-order chi connectivity index (χ0) is 15.9. The molecular weight excluding hydrogens is 260 g/mol. The first-order valence-electron chi connectivity index (χ1n) is 7.91. The Bertz CT molecular complexity index is 393. The molecule has 1 aromatic carbocycles. The van der Waals surface area contributed by atoms with E-state index in [0.717, 1.165) is 32.0 Å². The van der Waals surface area contributed by atoms with E-state index in [1.165, 1.54) is 5.56 Å². The number of hydrogen-bond donors (Lipinski definition) is 1. The number of benzene rings is 1. The molecule has 3 heteroatoms. The second-order valence-electron chi connectivity index (χ2n) is 7.25. The maximum atomic E-state index is 5.80. The normalized spacial score (nSPS) is 12.2. The van der Waals surface area contributed by atoms with E-state index in [-0.39, 0.29) is 5.54 Å². The van der Waals surface area contributed by atoms with Gasteiger partial charge in [0.1, 0.15) is 12.4 Å². The van der Waals surface area contributed by atoms with Gasteiger partial charge in [0.2, 0.25) is 0 Å². The molecule has 1 rings (SSSR count). The molecule has 120 valence electrons. The minimum Gasteiger partial charge on any atom is -0.492 e. The summed E-state index contributed by atoms with van der Waals surface area (Å²) in [5.41, 5.74) is 1.44. The van der Waals surface area contributed by atoms with Crippen LogP contribution in [0.15, 0.2) is 24.3 Å². The van der Waals surface area contributed by atoms with Crippen molar-refractivity contribution in [3.8, 4) is 5.75 Å². The second-order valence-corrected chi connectivity index (χ2v) is 7.25. The minimum absolute atomic E-state index is 0.149. The van der Waals surface area contributed by atoms with Gasteiger partial charge in [-0.3, -0.25) is 0 Å². The van der Waals surface area contributed by atoms with Crippen molar-refractivity contribution in [2.75, 3.05) is 26.7 Å². The Morgan fingerprint density at radius 2 is 1.76 bits per heavy atom. The van der Waals surface area contributed by atoms with Gasteiger partial charge in [-0.05, 0) is 51.4 Å². The molecule has 0 aromatic heterocycles. The Balaban J connectivity index is 2.31. The van der Waals surface area contributed by atoms with Crippen molar-refractivity contribution in [2.24, 2.45) is 5.92 Å². The van der Waals surface area contributed by atoms with Crippen molar-refractivity contribution in [2.45, 2.75) is 46.7 Å². The van der Waals surface area contributed by atoms with Crippen LogP contribution in [0.3, 0.4) is 0 Å². The van der Waals surface area contributed by atoms with Gasteiger partial charge in [-0.1, -0.05) is 26.0 Å². The van der Waals surface area contributed by atoms with Crippen molar-refractivity contribution in [1.82, 2.24) is 10.2 Å². The highest BCUT2D eigenvalue weighted by molar-refractivity contribution is 5.27. The maximum absolute atomic E-state index is 5.80. The zero-order valence-electron chi connectivity index (χ0n) is 14.6. The van der Waals surface area contributed by atoms with Gasteiger partial charge in [0.15, 0.2) is 0 Å². The van der Waals surface area contributed by atoms with Gasteiger partial charge in [0.05, 0.1) is 0 Å². The summed E-state index contributed by atoms with van der Waals surface area (Å²) in [5.74, 6) is 1.65. The summed E-state index contributed by atoms with van der Waals surface area (Å²) in [5, 5.41) is 3.49. The van der Waals surface area contributed by atoms with Crippen molar-refractivity contribution < 1.29 is 4.74 Å². The van der Waals surface area contributed by atoms with E-state index in [1.807, 2.05) is 0 Å². The highest BCUT2D eigenvalue weighted by atomic mass is 16.5. The van der Waals surface area contributed by atoms with E-state index in [4.69, 9.17) is 4.74 Å². The SMILES string of the molecule is CC(C)CN(C)CCOc1ccc(CNC(C)(C)C)cc1. The lowest BCUT2D eigenvalue weighted by Crippen LogP contribution is -2.35. The Morgan fingerprint density at radius 3 is 2.29 bits per heavy atom. The number of likely N-dealkylation sites (N-methyl/N-ethyl adjacent to an activating group) is 1. The molecule has 0 saturated heterocycles. The van der Waals surface area contributed by atoms with E-state index >= 15 is 0 Å². The molecule has 0 fully saturated rings. The van der Waals surface area contributed by atoms with Gasteiger partial charge >= 0.3 is 0 Å². The Morgan fingerprint density at radius 1 is 1.14 bits per heavy atom. The van der Waals surface area contributed by atoms with E-state index in [1.54, 1.807) is 0 Å². The molecular formula is C18H32N2O. The summed E-state index contributed by atoms with van der Waals surface area (Å²) >= 11 is 0. The lowest BCUT2D eigenvalue weighted by atomic mass is 10.1. The third-order valence-electron chi connectivity index (χ3n) is 3.16. The number of nitrogens with one attached hydrogen (secondary N) is 1. The summed E-state index contributed by atoms with van der Waals surface area (Å²) in [6.07, 6.45) is 0. The molecule has 0 heterocycles. The molecule has 1 aromatic rings. The lowest BCUT2D eigenvalue weighted by Gasteiger charge is -2.20. The highest BCUT2D eigenvalue weighted by Crippen LogP contribution is 2.13. The number of hydrogen-bond acceptors (Lipinski definition) is 3. The fraction of sp³-hybridized carbons (Fsp3) is 0.667. The number of ether oxygens (including phenoxy) is 1. The standard InChI is InChI=1S/C18H32N2O/c1-15(2)14-20(6)11-12-21-17-9-7-16(8-10-17)13-19-18(3,4)5/h7-10,15,19H,11-14H2,1-6H3. The minimum atomic E-state index is 0.149. The summed E-state index contributed by atoms with van der Waals surface area (Å²) in [7, 11) is 2.14. The van der Waals surface area contributed by atoms with Gasteiger partial charge in [0, 0.05) is 25.2 Å². The molecule has 0 aliphatic heterocycles. The van der Waals surface area contributed by atoms with Crippen LogP contribution < -0.4 is 10.1 Å². The molecule has 0 amide bonds. The van der Waals surface area contributed by atoms with Crippen LogP contribution in [0.1, 0.15) is 40.2 Å². The molecule has 0 radical (unpaired) electrons. The Labute approximate surface area is 130 Å². The smallest absolute Gasteiger partial charge is 0.119 e. The molecule has 21 heavy (non-hydrogen) atoms. The van der Waals surface area contributed by atoms with E-state index < -0.39 is 0 Å². The van der Waals surface area contributed by atoms with Gasteiger partial charge < -0.3 is 15.0 Å². The molecule has 0 bridgehead atoms. The topological polar surface area (TPSA) is 24.5 Å². The summed E-state index contributed by atoms with van der Waals surface area (Å²) < 4.78 is 5.80. The quantitative estimate of drug-likeness (QED) is 0.793. The van der Waals surface area contributed by atoms with Gasteiger partial charge in [-0.15, -0.1) is 0 Å². The lowest BCUT2D eigenvalue weighted by molar-refractivity contribution is 0.222.